The van der Waals surface area contributed by atoms with Crippen molar-refractivity contribution in [1.29, 1.82) is 0 Å². The van der Waals surface area contributed by atoms with Crippen LogP contribution in [0.1, 0.15) is 11.3 Å². The van der Waals surface area contributed by atoms with Crippen molar-refractivity contribution in [2.24, 2.45) is 0 Å². The Kier molecular flexibility index (Phi) is 3.50. The van der Waals surface area contributed by atoms with Gasteiger partial charge in [0.15, 0.2) is 5.65 Å². The zero-order valence-electron chi connectivity index (χ0n) is 13.6. The van der Waals surface area contributed by atoms with Crippen LogP contribution in [0.3, 0.4) is 0 Å². The largest absolute Gasteiger partial charge is 0.354 e. The molecule has 2 aromatic heterocycles. The first-order valence-corrected chi connectivity index (χ1v) is 8.11. The minimum absolute atomic E-state index is 0.912. The van der Waals surface area contributed by atoms with E-state index in [1.807, 2.05) is 11.4 Å². The zero-order valence-corrected chi connectivity index (χ0v) is 13.6. The van der Waals surface area contributed by atoms with Gasteiger partial charge in [-0.1, -0.05) is 23.8 Å². The van der Waals surface area contributed by atoms with E-state index in [1.165, 1.54) is 5.56 Å². The molecule has 0 saturated carbocycles. The second-order valence-corrected chi connectivity index (χ2v) is 6.16. The van der Waals surface area contributed by atoms with Gasteiger partial charge in [-0.2, -0.15) is 9.61 Å². The second kappa shape index (κ2) is 5.66. The number of hydrogen-bond donors (Lipinski definition) is 1. The molecule has 0 unspecified atom stereocenters. The van der Waals surface area contributed by atoms with E-state index in [-0.39, 0.29) is 0 Å². The van der Waals surface area contributed by atoms with Gasteiger partial charge in [0.2, 0.25) is 0 Å². The number of benzene rings is 1. The molecule has 0 atom stereocenters. The number of aromatic nitrogens is 3. The Morgan fingerprint density at radius 3 is 2.65 bits per heavy atom. The zero-order chi connectivity index (χ0) is 15.8. The number of rotatable bonds is 2. The summed E-state index contributed by atoms with van der Waals surface area (Å²) in [5, 5.41) is 8.23. The smallest absolute Gasteiger partial charge is 0.158 e. The molecule has 0 spiro atoms. The summed E-state index contributed by atoms with van der Waals surface area (Å²) in [5.74, 6) is 1.13. The molecule has 1 aliphatic heterocycles. The first kappa shape index (κ1) is 14.2. The molecule has 1 N–H and O–H groups in total. The van der Waals surface area contributed by atoms with Crippen molar-refractivity contribution >= 4 is 11.5 Å². The number of nitrogens with zero attached hydrogens (tertiary/aromatic N) is 4. The lowest BCUT2D eigenvalue weighted by Gasteiger charge is -2.29. The van der Waals surface area contributed by atoms with E-state index in [2.05, 4.69) is 58.5 Å². The second-order valence-electron chi connectivity index (χ2n) is 6.16. The highest BCUT2D eigenvalue weighted by molar-refractivity contribution is 5.66. The van der Waals surface area contributed by atoms with Crippen molar-refractivity contribution in [3.05, 3.63) is 47.7 Å². The third kappa shape index (κ3) is 2.68. The van der Waals surface area contributed by atoms with Crippen LogP contribution in [0.4, 0.5) is 5.82 Å². The van der Waals surface area contributed by atoms with Gasteiger partial charge in [-0.25, -0.2) is 4.98 Å². The van der Waals surface area contributed by atoms with Crippen LogP contribution >= 0.6 is 0 Å². The topological polar surface area (TPSA) is 45.5 Å². The Morgan fingerprint density at radius 1 is 1.04 bits per heavy atom. The summed E-state index contributed by atoms with van der Waals surface area (Å²) in [5.41, 5.74) is 5.30. The minimum Gasteiger partial charge on any atom is -0.354 e. The first-order chi connectivity index (χ1) is 11.2. The Morgan fingerprint density at radius 2 is 1.87 bits per heavy atom. The van der Waals surface area contributed by atoms with Crippen molar-refractivity contribution in [1.82, 2.24) is 19.9 Å². The van der Waals surface area contributed by atoms with Gasteiger partial charge in [0.1, 0.15) is 5.82 Å². The maximum absolute atomic E-state index is 4.83. The maximum Gasteiger partial charge on any atom is 0.158 e. The van der Waals surface area contributed by atoms with Crippen molar-refractivity contribution in [2.45, 2.75) is 13.8 Å². The normalized spacial score (nSPS) is 15.3. The summed E-state index contributed by atoms with van der Waals surface area (Å²) >= 11 is 0. The van der Waals surface area contributed by atoms with Crippen molar-refractivity contribution < 1.29 is 0 Å². The molecule has 1 saturated heterocycles. The molecule has 3 aromatic rings. The van der Waals surface area contributed by atoms with Crippen molar-refractivity contribution in [2.75, 3.05) is 31.1 Å². The summed E-state index contributed by atoms with van der Waals surface area (Å²) < 4.78 is 1.98. The fourth-order valence-electron chi connectivity index (χ4n) is 3.15. The fraction of sp³-hybridized carbons (Fsp3) is 0.333. The van der Waals surface area contributed by atoms with E-state index in [4.69, 9.17) is 5.10 Å². The summed E-state index contributed by atoms with van der Waals surface area (Å²) in [6.45, 7) is 8.17. The predicted octanol–water partition coefficient (Wildman–Crippen LogP) is 2.42. The molecule has 0 radical (unpaired) electrons. The van der Waals surface area contributed by atoms with Crippen LogP contribution in [0.15, 0.2) is 36.4 Å². The number of fused-ring (bicyclic) bond motifs is 1. The third-order valence-corrected chi connectivity index (χ3v) is 4.29. The first-order valence-electron chi connectivity index (χ1n) is 8.11. The molecular formula is C18H21N5. The summed E-state index contributed by atoms with van der Waals surface area (Å²) in [6, 6.07) is 12.7. The average molecular weight is 307 g/mol. The van der Waals surface area contributed by atoms with Crippen LogP contribution in [0.2, 0.25) is 0 Å². The van der Waals surface area contributed by atoms with E-state index < -0.39 is 0 Å². The van der Waals surface area contributed by atoms with Gasteiger partial charge in [-0.15, -0.1) is 0 Å². The molecular weight excluding hydrogens is 286 g/mol. The molecule has 0 amide bonds. The average Bonchev–Trinajstić information content (AvgIpc) is 2.99. The molecule has 4 rings (SSSR count). The quantitative estimate of drug-likeness (QED) is 0.790. The highest BCUT2D eigenvalue weighted by Gasteiger charge is 2.16. The predicted molar refractivity (Wildman–Crippen MR) is 93.0 cm³/mol. The van der Waals surface area contributed by atoms with Crippen molar-refractivity contribution in [3.8, 4) is 11.3 Å². The SMILES string of the molecule is Cc1cccc(-c2cc3nc(C)cc(N4CCNCC4)n3n2)c1. The minimum atomic E-state index is 0.912. The Balaban J connectivity index is 1.84. The molecule has 118 valence electrons. The van der Waals surface area contributed by atoms with Crippen LogP contribution in [0.5, 0.6) is 0 Å². The molecule has 0 aliphatic carbocycles. The van der Waals surface area contributed by atoms with Crippen LogP contribution < -0.4 is 10.2 Å². The van der Waals surface area contributed by atoms with Gasteiger partial charge >= 0.3 is 0 Å². The van der Waals surface area contributed by atoms with Gasteiger partial charge in [0, 0.05) is 49.6 Å². The van der Waals surface area contributed by atoms with Crippen molar-refractivity contribution in [3.63, 3.8) is 0 Å². The molecule has 1 fully saturated rings. The van der Waals surface area contributed by atoms with Crippen LogP contribution in [-0.2, 0) is 0 Å². The molecule has 23 heavy (non-hydrogen) atoms. The lowest BCUT2D eigenvalue weighted by molar-refractivity contribution is 0.579. The monoisotopic (exact) mass is 307 g/mol. The van der Waals surface area contributed by atoms with E-state index in [1.54, 1.807) is 0 Å². The number of nitrogens with one attached hydrogen (secondary N) is 1. The van der Waals surface area contributed by atoms with E-state index in [0.717, 1.165) is 54.6 Å². The lowest BCUT2D eigenvalue weighted by atomic mass is 10.1. The van der Waals surface area contributed by atoms with E-state index >= 15 is 0 Å². The molecule has 5 nitrogen and oxygen atoms in total. The van der Waals surface area contributed by atoms with Gasteiger partial charge in [0.05, 0.1) is 5.69 Å². The standard InChI is InChI=1S/C18H21N5/c1-13-4-3-5-15(10-13)16-12-17-20-14(2)11-18(23(17)21-16)22-8-6-19-7-9-22/h3-5,10-12,19H,6-9H2,1-2H3. The number of anilines is 1. The Labute approximate surface area is 136 Å². The molecule has 0 bridgehead atoms. The van der Waals surface area contributed by atoms with E-state index in [9.17, 15) is 0 Å². The van der Waals surface area contributed by atoms with Gasteiger partial charge in [0.25, 0.3) is 0 Å². The van der Waals surface area contributed by atoms with Crippen LogP contribution in [0.25, 0.3) is 16.9 Å². The summed E-state index contributed by atoms with van der Waals surface area (Å²) in [4.78, 5) is 7.04. The van der Waals surface area contributed by atoms with E-state index in [0.29, 0.717) is 0 Å². The van der Waals surface area contributed by atoms with Crippen LogP contribution in [-0.4, -0.2) is 40.8 Å². The molecule has 1 aromatic carbocycles. The molecule has 5 heteroatoms. The molecule has 3 heterocycles. The Bertz CT molecular complexity index is 846. The van der Waals surface area contributed by atoms with Gasteiger partial charge in [-0.3, -0.25) is 0 Å². The number of piperazine rings is 1. The Hall–Kier alpha value is -2.40. The van der Waals surface area contributed by atoms with Gasteiger partial charge in [-0.05, 0) is 19.9 Å². The fourth-order valence-corrected chi connectivity index (χ4v) is 3.15. The number of aryl methyl sites for hydroxylation is 2. The lowest BCUT2D eigenvalue weighted by Crippen LogP contribution is -2.44. The van der Waals surface area contributed by atoms with Gasteiger partial charge < -0.3 is 10.2 Å². The highest BCUT2D eigenvalue weighted by atomic mass is 15.4. The highest BCUT2D eigenvalue weighted by Crippen LogP contribution is 2.24. The number of hydrogen-bond acceptors (Lipinski definition) is 4. The molecule has 1 aliphatic rings. The van der Waals surface area contributed by atoms with Crippen LogP contribution in [0, 0.1) is 13.8 Å². The maximum atomic E-state index is 4.83. The summed E-state index contributed by atoms with van der Waals surface area (Å²) in [6.07, 6.45) is 0. The summed E-state index contributed by atoms with van der Waals surface area (Å²) in [7, 11) is 0. The third-order valence-electron chi connectivity index (χ3n) is 4.29.